The Hall–Kier alpha value is -0.170. The molecule has 2 atom stereocenters. The molecule has 3 rings (SSSR count). The molecule has 0 bridgehead atoms. The van der Waals surface area contributed by atoms with E-state index in [1.165, 1.54) is 19.3 Å². The summed E-state index contributed by atoms with van der Waals surface area (Å²) in [6.45, 7) is 3.95. The molecule has 0 aromatic heterocycles. The van der Waals surface area contributed by atoms with Gasteiger partial charge in [-0.15, -0.1) is 0 Å². The van der Waals surface area contributed by atoms with Gasteiger partial charge in [0.25, 0.3) is 10.2 Å². The normalized spacial score (nSPS) is 34.9. The van der Waals surface area contributed by atoms with Gasteiger partial charge in [-0.1, -0.05) is 12.8 Å². The third-order valence-electron chi connectivity index (χ3n) is 4.82. The molecule has 5 nitrogen and oxygen atoms in total. The van der Waals surface area contributed by atoms with Crippen LogP contribution < -0.4 is 5.32 Å². The first kappa shape index (κ1) is 13.8. The van der Waals surface area contributed by atoms with Gasteiger partial charge < -0.3 is 5.32 Å². The van der Waals surface area contributed by atoms with Crippen molar-refractivity contribution in [2.24, 2.45) is 5.92 Å². The molecular formula is C13H25N3O2S. The third-order valence-corrected chi connectivity index (χ3v) is 6.88. The van der Waals surface area contributed by atoms with Gasteiger partial charge in [-0.05, 0) is 38.1 Å². The summed E-state index contributed by atoms with van der Waals surface area (Å²) >= 11 is 0. The van der Waals surface area contributed by atoms with E-state index in [0.717, 1.165) is 32.4 Å². The van der Waals surface area contributed by atoms with Crippen LogP contribution in [0.25, 0.3) is 0 Å². The number of fused-ring (bicyclic) bond motifs is 1. The maximum absolute atomic E-state index is 12.9. The van der Waals surface area contributed by atoms with Gasteiger partial charge in [-0.25, -0.2) is 0 Å². The predicted molar refractivity (Wildman–Crippen MR) is 75.0 cm³/mol. The second-order valence-electron chi connectivity index (χ2n) is 6.06. The topological polar surface area (TPSA) is 52.7 Å². The highest BCUT2D eigenvalue weighted by atomic mass is 32.2. The quantitative estimate of drug-likeness (QED) is 0.817. The highest BCUT2D eigenvalue weighted by Crippen LogP contribution is 2.30. The summed E-state index contributed by atoms with van der Waals surface area (Å²) < 4.78 is 29.3. The summed E-state index contributed by atoms with van der Waals surface area (Å²) in [4.78, 5) is 0. The van der Waals surface area contributed by atoms with E-state index in [1.807, 2.05) is 0 Å². The SMILES string of the molecule is O=S(=O)(N1CCCCCC1)N1CCCC2CNCC21. The minimum atomic E-state index is -3.24. The average molecular weight is 287 g/mol. The van der Waals surface area contributed by atoms with Crippen molar-refractivity contribution in [1.29, 1.82) is 0 Å². The van der Waals surface area contributed by atoms with Crippen LogP contribution in [0.15, 0.2) is 0 Å². The predicted octanol–water partition coefficient (Wildman–Crippen LogP) is 0.791. The molecule has 110 valence electrons. The lowest BCUT2D eigenvalue weighted by molar-refractivity contribution is 0.202. The van der Waals surface area contributed by atoms with E-state index < -0.39 is 10.2 Å². The van der Waals surface area contributed by atoms with Crippen LogP contribution in [-0.4, -0.2) is 55.8 Å². The summed E-state index contributed by atoms with van der Waals surface area (Å²) in [6.07, 6.45) is 6.54. The Morgan fingerprint density at radius 2 is 1.63 bits per heavy atom. The molecule has 0 spiro atoms. The number of rotatable bonds is 2. The molecule has 3 aliphatic heterocycles. The van der Waals surface area contributed by atoms with Crippen molar-refractivity contribution >= 4 is 10.2 Å². The van der Waals surface area contributed by atoms with Gasteiger partial charge in [-0.2, -0.15) is 17.0 Å². The molecule has 3 heterocycles. The van der Waals surface area contributed by atoms with Crippen LogP contribution in [-0.2, 0) is 10.2 Å². The smallest absolute Gasteiger partial charge is 0.282 e. The fourth-order valence-electron chi connectivity index (χ4n) is 3.73. The number of hydrogen-bond acceptors (Lipinski definition) is 3. The first-order valence-electron chi connectivity index (χ1n) is 7.67. The lowest BCUT2D eigenvalue weighted by atomic mass is 9.94. The monoisotopic (exact) mass is 287 g/mol. The Morgan fingerprint density at radius 3 is 2.37 bits per heavy atom. The fourth-order valence-corrected chi connectivity index (χ4v) is 5.70. The Balaban J connectivity index is 1.78. The van der Waals surface area contributed by atoms with E-state index in [0.29, 0.717) is 25.6 Å². The Labute approximate surface area is 116 Å². The van der Waals surface area contributed by atoms with Gasteiger partial charge in [0.05, 0.1) is 0 Å². The molecule has 0 aromatic rings. The van der Waals surface area contributed by atoms with Crippen molar-refractivity contribution in [3.63, 3.8) is 0 Å². The van der Waals surface area contributed by atoms with Crippen molar-refractivity contribution in [2.45, 2.75) is 44.6 Å². The first-order valence-corrected chi connectivity index (χ1v) is 9.07. The highest BCUT2D eigenvalue weighted by molar-refractivity contribution is 7.86. The van der Waals surface area contributed by atoms with Gasteiger partial charge in [0.2, 0.25) is 0 Å². The Morgan fingerprint density at radius 1 is 0.895 bits per heavy atom. The van der Waals surface area contributed by atoms with Crippen molar-refractivity contribution in [1.82, 2.24) is 13.9 Å². The Kier molecular flexibility index (Phi) is 4.12. The summed E-state index contributed by atoms with van der Waals surface area (Å²) in [5.74, 6) is 0.524. The van der Waals surface area contributed by atoms with Gasteiger partial charge in [0, 0.05) is 32.2 Å². The van der Waals surface area contributed by atoms with Crippen molar-refractivity contribution in [3.05, 3.63) is 0 Å². The molecule has 1 N–H and O–H groups in total. The van der Waals surface area contributed by atoms with Crippen LogP contribution in [0.2, 0.25) is 0 Å². The maximum atomic E-state index is 12.9. The molecule has 2 unspecified atom stereocenters. The number of nitrogens with zero attached hydrogens (tertiary/aromatic N) is 2. The third kappa shape index (κ3) is 2.68. The van der Waals surface area contributed by atoms with Crippen LogP contribution >= 0.6 is 0 Å². The zero-order valence-electron chi connectivity index (χ0n) is 11.6. The van der Waals surface area contributed by atoms with Crippen LogP contribution in [0, 0.1) is 5.92 Å². The van der Waals surface area contributed by atoms with Crippen LogP contribution in [0.4, 0.5) is 0 Å². The van der Waals surface area contributed by atoms with Crippen molar-refractivity contribution in [3.8, 4) is 0 Å². The molecule has 19 heavy (non-hydrogen) atoms. The van der Waals surface area contributed by atoms with E-state index in [4.69, 9.17) is 0 Å². The van der Waals surface area contributed by atoms with E-state index in [-0.39, 0.29) is 6.04 Å². The zero-order valence-corrected chi connectivity index (χ0v) is 12.4. The highest BCUT2D eigenvalue weighted by Gasteiger charge is 2.42. The standard InChI is InChI=1S/C13H25N3O2S/c17-19(18,15-7-3-1-2-4-8-15)16-9-5-6-12-10-14-11-13(12)16/h12-14H,1-11H2. The van der Waals surface area contributed by atoms with Crippen molar-refractivity contribution in [2.75, 3.05) is 32.7 Å². The minimum Gasteiger partial charge on any atom is -0.315 e. The fraction of sp³-hybridized carbons (Fsp3) is 1.00. The lowest BCUT2D eigenvalue weighted by Crippen LogP contribution is -2.53. The molecule has 0 radical (unpaired) electrons. The lowest BCUT2D eigenvalue weighted by Gasteiger charge is -2.38. The molecule has 0 saturated carbocycles. The van der Waals surface area contributed by atoms with Gasteiger partial charge >= 0.3 is 0 Å². The van der Waals surface area contributed by atoms with E-state index >= 15 is 0 Å². The average Bonchev–Trinajstić information content (AvgIpc) is 2.70. The van der Waals surface area contributed by atoms with Gasteiger partial charge in [0.15, 0.2) is 0 Å². The molecule has 0 aliphatic carbocycles. The van der Waals surface area contributed by atoms with E-state index in [1.54, 1.807) is 8.61 Å². The number of piperidine rings is 1. The van der Waals surface area contributed by atoms with Gasteiger partial charge in [-0.3, -0.25) is 0 Å². The summed E-state index contributed by atoms with van der Waals surface area (Å²) in [5.41, 5.74) is 0. The van der Waals surface area contributed by atoms with Gasteiger partial charge in [0.1, 0.15) is 0 Å². The number of hydrogen-bond donors (Lipinski definition) is 1. The summed E-state index contributed by atoms with van der Waals surface area (Å²) in [5, 5.41) is 3.36. The molecule has 3 saturated heterocycles. The Bertz CT molecular complexity index is 404. The second kappa shape index (κ2) is 5.68. The number of nitrogens with one attached hydrogen (secondary N) is 1. The second-order valence-corrected chi connectivity index (χ2v) is 7.94. The molecule has 0 amide bonds. The molecule has 0 aromatic carbocycles. The van der Waals surface area contributed by atoms with Crippen LogP contribution in [0.3, 0.4) is 0 Å². The molecule has 3 fully saturated rings. The first-order chi connectivity index (χ1) is 9.19. The van der Waals surface area contributed by atoms with E-state index in [2.05, 4.69) is 5.32 Å². The maximum Gasteiger partial charge on any atom is 0.282 e. The molecule has 3 aliphatic rings. The molecule has 6 heteroatoms. The van der Waals surface area contributed by atoms with E-state index in [9.17, 15) is 8.42 Å². The zero-order chi connectivity index (χ0) is 13.3. The van der Waals surface area contributed by atoms with Crippen molar-refractivity contribution < 1.29 is 8.42 Å². The largest absolute Gasteiger partial charge is 0.315 e. The minimum absolute atomic E-state index is 0.196. The summed E-state index contributed by atoms with van der Waals surface area (Å²) in [6, 6.07) is 0.196. The van der Waals surface area contributed by atoms with Crippen LogP contribution in [0.5, 0.6) is 0 Å². The van der Waals surface area contributed by atoms with Crippen LogP contribution in [0.1, 0.15) is 38.5 Å². The summed E-state index contributed by atoms with van der Waals surface area (Å²) in [7, 11) is -3.24. The molecular weight excluding hydrogens is 262 g/mol.